The molecule has 0 saturated heterocycles. The summed E-state index contributed by atoms with van der Waals surface area (Å²) in [4.78, 5) is 15.6. The van der Waals surface area contributed by atoms with E-state index < -0.39 is 0 Å². The van der Waals surface area contributed by atoms with Crippen LogP contribution in [0.25, 0.3) is 0 Å². The first-order valence-corrected chi connectivity index (χ1v) is 5.33. The van der Waals surface area contributed by atoms with Gasteiger partial charge in [-0.3, -0.25) is 9.78 Å². The van der Waals surface area contributed by atoms with E-state index in [1.165, 1.54) is 12.3 Å². The van der Waals surface area contributed by atoms with E-state index in [1.807, 2.05) is 13.8 Å². The SMILES string of the molecule is CCC(C)NC(=O)c1ccc(C(N)=NO)cn1. The number of aromatic nitrogens is 1. The quantitative estimate of drug-likeness (QED) is 0.310. The average Bonchev–Trinajstić information content (AvgIpc) is 2.37. The van der Waals surface area contributed by atoms with Gasteiger partial charge >= 0.3 is 0 Å². The molecule has 0 radical (unpaired) electrons. The summed E-state index contributed by atoms with van der Waals surface area (Å²) in [5.74, 6) is -0.267. The van der Waals surface area contributed by atoms with E-state index in [1.54, 1.807) is 6.07 Å². The fourth-order valence-corrected chi connectivity index (χ4v) is 1.14. The van der Waals surface area contributed by atoms with E-state index in [-0.39, 0.29) is 17.8 Å². The van der Waals surface area contributed by atoms with Crippen LogP contribution in [0, 0.1) is 0 Å². The Morgan fingerprint density at radius 1 is 1.65 bits per heavy atom. The van der Waals surface area contributed by atoms with Gasteiger partial charge in [-0.05, 0) is 25.5 Å². The second kappa shape index (κ2) is 5.83. The predicted octanol–water partition coefficient (Wildman–Crippen LogP) is 0.704. The lowest BCUT2D eigenvalue weighted by Crippen LogP contribution is -2.32. The van der Waals surface area contributed by atoms with E-state index >= 15 is 0 Å². The van der Waals surface area contributed by atoms with Crippen molar-refractivity contribution in [2.45, 2.75) is 26.3 Å². The van der Waals surface area contributed by atoms with Gasteiger partial charge in [0.15, 0.2) is 5.84 Å². The third-order valence-corrected chi connectivity index (χ3v) is 2.39. The largest absolute Gasteiger partial charge is 0.409 e. The number of carbonyl (C=O) groups is 1. The summed E-state index contributed by atoms with van der Waals surface area (Å²) in [6.45, 7) is 3.91. The van der Waals surface area contributed by atoms with Crippen LogP contribution in [0.3, 0.4) is 0 Å². The molecule has 0 aliphatic carbocycles. The molecule has 1 heterocycles. The minimum absolute atomic E-state index is 0.0358. The molecule has 1 rings (SSSR count). The van der Waals surface area contributed by atoms with E-state index in [0.29, 0.717) is 11.3 Å². The second-order valence-electron chi connectivity index (χ2n) is 3.70. The fraction of sp³-hybridized carbons (Fsp3) is 0.364. The first-order chi connectivity index (χ1) is 8.08. The Balaban J connectivity index is 2.77. The maximum Gasteiger partial charge on any atom is 0.270 e. The highest BCUT2D eigenvalue weighted by molar-refractivity contribution is 5.98. The first kappa shape index (κ1) is 13.0. The zero-order chi connectivity index (χ0) is 12.8. The van der Waals surface area contributed by atoms with Crippen LogP contribution in [0.15, 0.2) is 23.5 Å². The number of oxime groups is 1. The van der Waals surface area contributed by atoms with E-state index in [9.17, 15) is 4.79 Å². The Hall–Kier alpha value is -2.11. The molecule has 0 aliphatic rings. The topological polar surface area (TPSA) is 101 Å². The number of carbonyl (C=O) groups excluding carboxylic acids is 1. The predicted molar refractivity (Wildman–Crippen MR) is 64.0 cm³/mol. The highest BCUT2D eigenvalue weighted by atomic mass is 16.4. The van der Waals surface area contributed by atoms with Crippen molar-refractivity contribution < 1.29 is 10.0 Å². The molecule has 0 fully saturated rings. The summed E-state index contributed by atoms with van der Waals surface area (Å²) in [6.07, 6.45) is 2.24. The van der Waals surface area contributed by atoms with Gasteiger partial charge in [0.05, 0.1) is 0 Å². The molecule has 0 aromatic carbocycles. The Morgan fingerprint density at radius 3 is 2.82 bits per heavy atom. The molecule has 0 spiro atoms. The highest BCUT2D eigenvalue weighted by Gasteiger charge is 2.10. The van der Waals surface area contributed by atoms with Gasteiger partial charge in [-0.15, -0.1) is 0 Å². The number of amides is 1. The number of nitrogens with one attached hydrogen (secondary N) is 1. The summed E-state index contributed by atoms with van der Waals surface area (Å²) < 4.78 is 0. The van der Waals surface area contributed by atoms with Gasteiger partial charge in [-0.25, -0.2) is 0 Å². The van der Waals surface area contributed by atoms with Crippen LogP contribution >= 0.6 is 0 Å². The number of pyridine rings is 1. The van der Waals surface area contributed by atoms with Crippen LogP contribution in [-0.4, -0.2) is 28.0 Å². The van der Waals surface area contributed by atoms with Crippen LogP contribution in [-0.2, 0) is 0 Å². The zero-order valence-corrected chi connectivity index (χ0v) is 9.84. The van der Waals surface area contributed by atoms with Crippen molar-refractivity contribution in [2.24, 2.45) is 10.9 Å². The van der Waals surface area contributed by atoms with Crippen LogP contribution in [0.2, 0.25) is 0 Å². The van der Waals surface area contributed by atoms with E-state index in [2.05, 4.69) is 15.5 Å². The number of nitrogens with zero attached hydrogens (tertiary/aromatic N) is 2. The van der Waals surface area contributed by atoms with Crippen LogP contribution < -0.4 is 11.1 Å². The molecule has 0 saturated carbocycles. The normalized spacial score (nSPS) is 13.2. The molecule has 1 aromatic rings. The highest BCUT2D eigenvalue weighted by Crippen LogP contribution is 2.01. The van der Waals surface area contributed by atoms with Crippen LogP contribution in [0.4, 0.5) is 0 Å². The van der Waals surface area contributed by atoms with Crippen molar-refractivity contribution in [3.63, 3.8) is 0 Å². The summed E-state index contributed by atoms with van der Waals surface area (Å²) in [7, 11) is 0. The summed E-state index contributed by atoms with van der Waals surface area (Å²) in [6, 6.07) is 3.21. The van der Waals surface area contributed by atoms with Gasteiger partial charge < -0.3 is 16.3 Å². The van der Waals surface area contributed by atoms with Crippen LogP contribution in [0.5, 0.6) is 0 Å². The molecule has 0 aliphatic heterocycles. The van der Waals surface area contributed by atoms with Gasteiger partial charge in [0.2, 0.25) is 0 Å². The van der Waals surface area contributed by atoms with Crippen molar-refractivity contribution in [2.75, 3.05) is 0 Å². The zero-order valence-electron chi connectivity index (χ0n) is 9.84. The van der Waals surface area contributed by atoms with Crippen molar-refractivity contribution in [3.8, 4) is 0 Å². The minimum Gasteiger partial charge on any atom is -0.409 e. The molecule has 1 atom stereocenters. The monoisotopic (exact) mass is 236 g/mol. The Kier molecular flexibility index (Phi) is 4.45. The van der Waals surface area contributed by atoms with Crippen LogP contribution in [0.1, 0.15) is 36.3 Å². The van der Waals surface area contributed by atoms with Gasteiger partial charge in [0.1, 0.15) is 5.69 Å². The van der Waals surface area contributed by atoms with E-state index in [4.69, 9.17) is 10.9 Å². The Morgan fingerprint density at radius 2 is 2.35 bits per heavy atom. The molecular weight excluding hydrogens is 220 g/mol. The lowest BCUT2D eigenvalue weighted by molar-refractivity contribution is 0.0934. The molecule has 6 heteroatoms. The molecule has 1 unspecified atom stereocenters. The molecule has 17 heavy (non-hydrogen) atoms. The Labute approximate surface area is 99.5 Å². The number of rotatable bonds is 4. The average molecular weight is 236 g/mol. The summed E-state index contributed by atoms with van der Waals surface area (Å²) in [5, 5.41) is 14.1. The summed E-state index contributed by atoms with van der Waals surface area (Å²) >= 11 is 0. The number of hydrogen-bond acceptors (Lipinski definition) is 4. The first-order valence-electron chi connectivity index (χ1n) is 5.33. The smallest absolute Gasteiger partial charge is 0.270 e. The maximum absolute atomic E-state index is 11.7. The third kappa shape index (κ3) is 3.44. The summed E-state index contributed by atoms with van der Waals surface area (Å²) in [5.41, 5.74) is 6.15. The van der Waals surface area contributed by atoms with Crippen molar-refractivity contribution >= 4 is 11.7 Å². The number of amidine groups is 1. The minimum atomic E-state index is -0.231. The number of hydrogen-bond donors (Lipinski definition) is 3. The molecule has 1 aromatic heterocycles. The van der Waals surface area contributed by atoms with Gasteiger partial charge in [0, 0.05) is 17.8 Å². The molecule has 92 valence electrons. The maximum atomic E-state index is 11.7. The third-order valence-electron chi connectivity index (χ3n) is 2.39. The molecule has 6 nitrogen and oxygen atoms in total. The molecule has 4 N–H and O–H groups in total. The second-order valence-corrected chi connectivity index (χ2v) is 3.70. The molecule has 0 bridgehead atoms. The Bertz CT molecular complexity index is 414. The standard InChI is InChI=1S/C11H16N4O2/c1-3-7(2)14-11(16)9-5-4-8(6-13-9)10(12)15-17/h4-7,17H,3H2,1-2H3,(H2,12,15)(H,14,16). The lowest BCUT2D eigenvalue weighted by atomic mass is 10.2. The van der Waals surface area contributed by atoms with Crippen molar-refractivity contribution in [3.05, 3.63) is 29.6 Å². The van der Waals surface area contributed by atoms with Gasteiger partial charge in [-0.2, -0.15) is 0 Å². The van der Waals surface area contributed by atoms with E-state index in [0.717, 1.165) is 6.42 Å². The number of nitrogens with two attached hydrogens (primary N) is 1. The van der Waals surface area contributed by atoms with Gasteiger partial charge in [0.25, 0.3) is 5.91 Å². The molecular formula is C11H16N4O2. The van der Waals surface area contributed by atoms with Crippen molar-refractivity contribution in [1.29, 1.82) is 0 Å². The molecule has 1 amide bonds. The lowest BCUT2D eigenvalue weighted by Gasteiger charge is -2.10. The van der Waals surface area contributed by atoms with Crippen molar-refractivity contribution in [1.82, 2.24) is 10.3 Å². The van der Waals surface area contributed by atoms with Gasteiger partial charge in [-0.1, -0.05) is 12.1 Å². The fourth-order valence-electron chi connectivity index (χ4n) is 1.14.